The summed E-state index contributed by atoms with van der Waals surface area (Å²) in [5, 5.41) is 7.94. The van der Waals surface area contributed by atoms with Crippen molar-refractivity contribution in [1.82, 2.24) is 19.8 Å². The van der Waals surface area contributed by atoms with Crippen molar-refractivity contribution in [2.45, 2.75) is 31.9 Å². The Morgan fingerprint density at radius 3 is 2.63 bits per heavy atom. The minimum absolute atomic E-state index is 0.0783. The molecule has 1 aliphatic rings. The Kier molecular flexibility index (Phi) is 5.98. The second-order valence-electron chi connectivity index (χ2n) is 7.01. The maximum absolute atomic E-state index is 11.9. The first-order chi connectivity index (χ1) is 12.7. The van der Waals surface area contributed by atoms with Gasteiger partial charge in [0, 0.05) is 52.8 Å². The van der Waals surface area contributed by atoms with Crippen LogP contribution in [0.3, 0.4) is 0 Å². The number of hydrogen-bond acceptors (Lipinski definition) is 6. The molecule has 3 atom stereocenters. The molecule has 0 radical (unpaired) electrons. The number of rotatable bonds is 7. The van der Waals surface area contributed by atoms with Crippen molar-refractivity contribution in [2.24, 2.45) is 10.9 Å². The summed E-state index contributed by atoms with van der Waals surface area (Å²) in [5.74, 6) is 0.570. The molecule has 8 nitrogen and oxygen atoms in total. The van der Waals surface area contributed by atoms with Crippen LogP contribution >= 0.6 is 0 Å². The molecule has 1 heterocycles. The molecule has 1 aromatic rings. The number of hydrogen-bond donors (Lipinski definition) is 0. The van der Waals surface area contributed by atoms with E-state index in [2.05, 4.69) is 30.2 Å². The molecule has 1 amide bonds. The highest BCUT2D eigenvalue weighted by molar-refractivity contribution is 5.93. The van der Waals surface area contributed by atoms with Crippen LogP contribution in [0.25, 0.3) is 0 Å². The first kappa shape index (κ1) is 20.5. The van der Waals surface area contributed by atoms with E-state index in [1.165, 1.54) is 6.08 Å². The van der Waals surface area contributed by atoms with Gasteiger partial charge < -0.3 is 9.64 Å². The number of hydrazine groups is 1. The third-order valence-electron chi connectivity index (χ3n) is 5.55. The van der Waals surface area contributed by atoms with E-state index >= 15 is 0 Å². The van der Waals surface area contributed by atoms with Gasteiger partial charge in [-0.3, -0.25) is 14.8 Å². The molecule has 0 spiro atoms. The second kappa shape index (κ2) is 7.85. The second-order valence-corrected chi connectivity index (χ2v) is 7.01. The summed E-state index contributed by atoms with van der Waals surface area (Å²) < 4.78 is 6.33. The highest BCUT2D eigenvalue weighted by Gasteiger charge is 2.53. The van der Waals surface area contributed by atoms with Crippen LogP contribution in [-0.4, -0.2) is 71.4 Å². The smallest absolute Gasteiger partial charge is 0.245 e. The lowest BCUT2D eigenvalue weighted by Gasteiger charge is -2.54. The Hall–Kier alpha value is -2.77. The van der Waals surface area contributed by atoms with Crippen molar-refractivity contribution in [3.8, 4) is 0 Å². The molecule has 0 bridgehead atoms. The Balaban J connectivity index is 2.18. The maximum atomic E-state index is 11.9. The Morgan fingerprint density at radius 1 is 1.44 bits per heavy atom. The number of ether oxygens (including phenoxy) is 1. The van der Waals surface area contributed by atoms with Crippen LogP contribution < -0.4 is 5.12 Å². The first-order valence-corrected chi connectivity index (χ1v) is 8.88. The van der Waals surface area contributed by atoms with Gasteiger partial charge >= 0.3 is 0 Å². The van der Waals surface area contributed by atoms with Crippen LogP contribution in [-0.2, 0) is 9.53 Å². The van der Waals surface area contributed by atoms with Crippen LogP contribution in [0, 0.1) is 5.92 Å². The van der Waals surface area contributed by atoms with E-state index in [0.29, 0.717) is 5.90 Å². The highest BCUT2D eigenvalue weighted by atomic mass is 16.5. The van der Waals surface area contributed by atoms with Gasteiger partial charge in [0.1, 0.15) is 11.3 Å². The zero-order valence-corrected chi connectivity index (χ0v) is 17.1. The van der Waals surface area contributed by atoms with E-state index < -0.39 is 5.60 Å². The van der Waals surface area contributed by atoms with Crippen molar-refractivity contribution in [1.29, 1.82) is 0 Å². The van der Waals surface area contributed by atoms with Crippen LogP contribution in [0.15, 0.2) is 42.7 Å². The van der Waals surface area contributed by atoms with E-state index in [-0.39, 0.29) is 17.9 Å². The molecule has 0 saturated heterocycles. The number of aromatic nitrogens is 2. The summed E-state index contributed by atoms with van der Waals surface area (Å²) in [6, 6.07) is 1.96. The standard InChI is InChI=1S/C19H30N6O2/c1-9-17(26)23(7)16-13-19(4,14(16)3)27-18(20-5)15-11-12-21-25(15)24(8)22(6)10-2/h9-12,14,16H,1-2,13H2,3-8H3/b20-18+/t14-,16+,19+/m1/s1. The molecule has 0 N–H and O–H groups in total. The Labute approximate surface area is 161 Å². The van der Waals surface area contributed by atoms with E-state index in [1.54, 1.807) is 46.3 Å². The van der Waals surface area contributed by atoms with Crippen molar-refractivity contribution >= 4 is 11.8 Å². The zero-order chi connectivity index (χ0) is 20.4. The first-order valence-electron chi connectivity index (χ1n) is 8.88. The largest absolute Gasteiger partial charge is 0.470 e. The van der Waals surface area contributed by atoms with Gasteiger partial charge in [0.15, 0.2) is 0 Å². The van der Waals surface area contributed by atoms with Crippen molar-refractivity contribution < 1.29 is 9.53 Å². The van der Waals surface area contributed by atoms with Crippen LogP contribution in [0.5, 0.6) is 0 Å². The molecule has 1 saturated carbocycles. The van der Waals surface area contributed by atoms with Gasteiger partial charge in [-0.05, 0) is 19.1 Å². The summed E-state index contributed by atoms with van der Waals surface area (Å²) in [6.45, 7) is 11.5. The van der Waals surface area contributed by atoms with Crippen LogP contribution in [0.4, 0.5) is 0 Å². The van der Waals surface area contributed by atoms with E-state index in [1.807, 2.05) is 27.1 Å². The molecule has 1 fully saturated rings. The van der Waals surface area contributed by atoms with Gasteiger partial charge in [-0.1, -0.05) is 20.1 Å². The average Bonchev–Trinajstić information content (AvgIpc) is 3.16. The van der Waals surface area contributed by atoms with Gasteiger partial charge in [-0.25, -0.2) is 5.12 Å². The summed E-state index contributed by atoms with van der Waals surface area (Å²) in [7, 11) is 7.23. The lowest BCUT2D eigenvalue weighted by molar-refractivity contribution is -0.146. The normalized spacial score (nSPS) is 24.6. The minimum Gasteiger partial charge on any atom is -0.470 e. The molecule has 0 aliphatic heterocycles. The van der Waals surface area contributed by atoms with E-state index in [4.69, 9.17) is 4.74 Å². The van der Waals surface area contributed by atoms with Crippen molar-refractivity contribution in [3.63, 3.8) is 0 Å². The number of likely N-dealkylation sites (N-methyl/N-ethyl adjacent to an activating group) is 1. The predicted molar refractivity (Wildman–Crippen MR) is 107 cm³/mol. The monoisotopic (exact) mass is 374 g/mol. The fourth-order valence-corrected chi connectivity index (χ4v) is 3.31. The van der Waals surface area contributed by atoms with E-state index in [0.717, 1.165) is 12.1 Å². The van der Waals surface area contributed by atoms with Crippen molar-refractivity contribution in [3.05, 3.63) is 43.4 Å². The molecule has 1 aromatic heterocycles. The molecular weight excluding hydrogens is 344 g/mol. The summed E-state index contributed by atoms with van der Waals surface area (Å²) >= 11 is 0. The molecule has 27 heavy (non-hydrogen) atoms. The van der Waals surface area contributed by atoms with Crippen molar-refractivity contribution in [2.75, 3.05) is 33.3 Å². The topological polar surface area (TPSA) is 66.2 Å². The average molecular weight is 374 g/mol. The number of carbonyl (C=O) groups excluding carboxylic acids is 1. The third kappa shape index (κ3) is 3.70. The summed E-state index contributed by atoms with van der Waals surface area (Å²) in [6.07, 6.45) is 5.44. The number of carbonyl (C=O) groups is 1. The predicted octanol–water partition coefficient (Wildman–Crippen LogP) is 1.65. The van der Waals surface area contributed by atoms with E-state index in [9.17, 15) is 4.79 Å². The number of amides is 1. The Bertz CT molecular complexity index is 742. The number of nitrogens with zero attached hydrogens (tertiary/aromatic N) is 6. The zero-order valence-electron chi connectivity index (χ0n) is 17.1. The molecule has 148 valence electrons. The minimum atomic E-state index is -0.423. The SMILES string of the molecule is C=CC(=O)N(C)[C@H]1C[C@](C)(O/C(=N/C)c2ccnn2N(C)N(C)C=C)[C@@H]1C. The van der Waals surface area contributed by atoms with Crippen LogP contribution in [0.1, 0.15) is 26.0 Å². The van der Waals surface area contributed by atoms with Gasteiger partial charge in [0.2, 0.25) is 11.8 Å². The molecule has 8 heteroatoms. The lowest BCUT2D eigenvalue weighted by atomic mass is 9.66. The number of aliphatic imine (C=N–C) groups is 1. The molecule has 0 aromatic carbocycles. The fourth-order valence-electron chi connectivity index (χ4n) is 3.31. The summed E-state index contributed by atoms with van der Waals surface area (Å²) in [4.78, 5) is 19.7. The lowest BCUT2D eigenvalue weighted by Crippen LogP contribution is -2.63. The quantitative estimate of drug-likeness (QED) is 0.314. The molecular formula is C19H30N6O2. The fraction of sp³-hybridized carbons (Fsp3) is 0.526. The highest BCUT2D eigenvalue weighted by Crippen LogP contribution is 2.44. The maximum Gasteiger partial charge on any atom is 0.245 e. The third-order valence-corrected chi connectivity index (χ3v) is 5.55. The van der Waals surface area contributed by atoms with Gasteiger partial charge in [0.05, 0.1) is 6.20 Å². The van der Waals surface area contributed by atoms with Gasteiger partial charge in [-0.2, -0.15) is 9.89 Å². The summed E-state index contributed by atoms with van der Waals surface area (Å²) in [5.41, 5.74) is 0.314. The van der Waals surface area contributed by atoms with Gasteiger partial charge in [-0.15, -0.1) is 0 Å². The van der Waals surface area contributed by atoms with Crippen LogP contribution in [0.2, 0.25) is 0 Å². The molecule has 1 aliphatic carbocycles. The molecule has 2 rings (SSSR count). The Morgan fingerprint density at radius 2 is 2.11 bits per heavy atom. The van der Waals surface area contributed by atoms with Gasteiger partial charge in [0.25, 0.3) is 0 Å². The molecule has 0 unspecified atom stereocenters.